The zero-order valence-corrected chi connectivity index (χ0v) is 6.90. The van der Waals surface area contributed by atoms with Gasteiger partial charge in [-0.3, -0.25) is 0 Å². The Balaban J connectivity index is 2.18. The van der Waals surface area contributed by atoms with Gasteiger partial charge in [0.1, 0.15) is 0 Å². The van der Waals surface area contributed by atoms with Crippen LogP contribution in [0.3, 0.4) is 0 Å². The minimum absolute atomic E-state index is 0.825. The normalized spacial score (nSPS) is 15.5. The first-order valence-corrected chi connectivity index (χ1v) is 4.12. The van der Waals surface area contributed by atoms with Gasteiger partial charge in [-0.15, -0.1) is 0 Å². The number of nitrogens with zero attached hydrogens (tertiary/aromatic N) is 1. The third-order valence-electron chi connectivity index (χ3n) is 2.08. The van der Waals surface area contributed by atoms with E-state index >= 15 is 0 Å². The van der Waals surface area contributed by atoms with Crippen LogP contribution < -0.4 is 10.6 Å². The van der Waals surface area contributed by atoms with Gasteiger partial charge in [0.2, 0.25) is 0 Å². The largest absolute Gasteiger partial charge is 0.399 e. The van der Waals surface area contributed by atoms with Crippen molar-refractivity contribution < 1.29 is 0 Å². The van der Waals surface area contributed by atoms with Crippen LogP contribution in [0.25, 0.3) is 0 Å². The Morgan fingerprint density at radius 2 is 1.58 bits per heavy atom. The molecule has 62 valence electrons. The molecule has 1 aromatic carbocycles. The molecule has 2 heteroatoms. The average molecular weight is 160 g/mol. The number of hydrogen-bond donors (Lipinski definition) is 1. The number of hydrogen-bond acceptors (Lipinski definition) is 2. The highest BCUT2D eigenvalue weighted by Crippen LogP contribution is 2.17. The van der Waals surface area contributed by atoms with E-state index in [9.17, 15) is 0 Å². The molecule has 0 atom stereocenters. The molecule has 0 aromatic heterocycles. The first kappa shape index (κ1) is 7.22. The molecule has 1 aliphatic heterocycles. The predicted octanol–water partition coefficient (Wildman–Crippen LogP) is 1.65. The zero-order chi connectivity index (χ0) is 8.39. The lowest BCUT2D eigenvalue weighted by molar-refractivity contribution is 1.01. The second-order valence-corrected chi connectivity index (χ2v) is 2.97. The fourth-order valence-corrected chi connectivity index (χ4v) is 1.37. The highest BCUT2D eigenvalue weighted by atomic mass is 15.1. The molecule has 2 nitrogen and oxygen atoms in total. The molecular formula is C10H12N2. The van der Waals surface area contributed by atoms with E-state index in [2.05, 4.69) is 29.2 Å². The number of rotatable bonds is 1. The molecule has 2 N–H and O–H groups in total. The van der Waals surface area contributed by atoms with Gasteiger partial charge >= 0.3 is 0 Å². The molecule has 0 radical (unpaired) electrons. The Kier molecular flexibility index (Phi) is 1.74. The number of nitrogen functional groups attached to an aromatic ring is 1. The lowest BCUT2D eigenvalue weighted by Crippen LogP contribution is -2.18. The number of anilines is 2. The number of benzene rings is 1. The molecule has 1 aromatic rings. The summed E-state index contributed by atoms with van der Waals surface area (Å²) in [4.78, 5) is 2.29. The van der Waals surface area contributed by atoms with Crippen molar-refractivity contribution in [3.8, 4) is 0 Å². The van der Waals surface area contributed by atoms with Crippen molar-refractivity contribution in [1.29, 1.82) is 0 Å². The van der Waals surface area contributed by atoms with Gasteiger partial charge in [0.25, 0.3) is 0 Å². The molecule has 2 rings (SSSR count). The minimum Gasteiger partial charge on any atom is -0.399 e. The van der Waals surface area contributed by atoms with Crippen LogP contribution in [-0.2, 0) is 0 Å². The maximum atomic E-state index is 5.59. The van der Waals surface area contributed by atoms with E-state index in [0.29, 0.717) is 0 Å². The van der Waals surface area contributed by atoms with Crippen LogP contribution in [0.5, 0.6) is 0 Å². The third-order valence-corrected chi connectivity index (χ3v) is 2.08. The van der Waals surface area contributed by atoms with Crippen LogP contribution in [0.1, 0.15) is 0 Å². The van der Waals surface area contributed by atoms with Crippen molar-refractivity contribution in [1.82, 2.24) is 0 Å². The van der Waals surface area contributed by atoms with Crippen molar-refractivity contribution in [2.45, 2.75) is 0 Å². The van der Waals surface area contributed by atoms with Gasteiger partial charge in [0, 0.05) is 24.5 Å². The van der Waals surface area contributed by atoms with Crippen molar-refractivity contribution in [2.24, 2.45) is 0 Å². The summed E-state index contributed by atoms with van der Waals surface area (Å²) < 4.78 is 0. The standard InChI is InChI=1S/C10H12N2/c11-9-3-5-10(6-4-9)12-7-1-2-8-12/h1-6H,7-8,11H2. The summed E-state index contributed by atoms with van der Waals surface area (Å²) in [6.07, 6.45) is 4.35. The molecular weight excluding hydrogens is 148 g/mol. The Morgan fingerprint density at radius 1 is 1.00 bits per heavy atom. The fourth-order valence-electron chi connectivity index (χ4n) is 1.37. The summed E-state index contributed by atoms with van der Waals surface area (Å²) in [6, 6.07) is 7.99. The third kappa shape index (κ3) is 1.28. The molecule has 0 spiro atoms. The lowest BCUT2D eigenvalue weighted by atomic mass is 10.2. The molecule has 1 heterocycles. The summed E-state index contributed by atoms with van der Waals surface area (Å²) in [5, 5.41) is 0. The van der Waals surface area contributed by atoms with Crippen LogP contribution in [0, 0.1) is 0 Å². The van der Waals surface area contributed by atoms with Gasteiger partial charge in [-0.2, -0.15) is 0 Å². The van der Waals surface area contributed by atoms with E-state index in [4.69, 9.17) is 5.73 Å². The predicted molar refractivity (Wildman–Crippen MR) is 52.2 cm³/mol. The van der Waals surface area contributed by atoms with Gasteiger partial charge in [0.05, 0.1) is 0 Å². The molecule has 12 heavy (non-hydrogen) atoms. The Morgan fingerprint density at radius 3 is 2.17 bits per heavy atom. The maximum Gasteiger partial charge on any atom is 0.0373 e. The molecule has 0 saturated carbocycles. The van der Waals surface area contributed by atoms with Crippen molar-refractivity contribution in [2.75, 3.05) is 23.7 Å². The second-order valence-electron chi connectivity index (χ2n) is 2.97. The fraction of sp³-hybridized carbons (Fsp3) is 0.200. The van der Waals surface area contributed by atoms with Crippen LogP contribution in [0.15, 0.2) is 36.4 Å². The van der Waals surface area contributed by atoms with Crippen molar-refractivity contribution in [3.05, 3.63) is 36.4 Å². The first-order chi connectivity index (χ1) is 5.86. The van der Waals surface area contributed by atoms with E-state index in [0.717, 1.165) is 18.8 Å². The maximum absolute atomic E-state index is 5.59. The Hall–Kier alpha value is -1.44. The first-order valence-electron chi connectivity index (χ1n) is 4.12. The number of nitrogens with two attached hydrogens (primary N) is 1. The molecule has 1 aliphatic rings. The second kappa shape index (κ2) is 2.89. The average Bonchev–Trinajstić information content (AvgIpc) is 2.58. The van der Waals surface area contributed by atoms with Crippen LogP contribution in [0.4, 0.5) is 11.4 Å². The minimum atomic E-state index is 0.825. The Labute approximate surface area is 72.3 Å². The molecule has 0 unspecified atom stereocenters. The van der Waals surface area contributed by atoms with Gasteiger partial charge < -0.3 is 10.6 Å². The van der Waals surface area contributed by atoms with Gasteiger partial charge in [-0.1, -0.05) is 12.2 Å². The summed E-state index contributed by atoms with van der Waals surface area (Å²) in [5.74, 6) is 0. The lowest BCUT2D eigenvalue weighted by Gasteiger charge is -2.17. The Bertz CT molecular complexity index is 279. The van der Waals surface area contributed by atoms with Gasteiger partial charge in [-0.25, -0.2) is 0 Å². The molecule has 0 aliphatic carbocycles. The van der Waals surface area contributed by atoms with E-state index < -0.39 is 0 Å². The van der Waals surface area contributed by atoms with Gasteiger partial charge in [0.15, 0.2) is 0 Å². The zero-order valence-electron chi connectivity index (χ0n) is 6.90. The molecule has 0 amide bonds. The van der Waals surface area contributed by atoms with Gasteiger partial charge in [-0.05, 0) is 24.3 Å². The summed E-state index contributed by atoms with van der Waals surface area (Å²) in [7, 11) is 0. The highest BCUT2D eigenvalue weighted by molar-refractivity contribution is 5.54. The van der Waals surface area contributed by atoms with E-state index in [1.807, 2.05) is 12.1 Å². The van der Waals surface area contributed by atoms with Crippen LogP contribution in [0.2, 0.25) is 0 Å². The highest BCUT2D eigenvalue weighted by Gasteiger charge is 2.05. The monoisotopic (exact) mass is 160 g/mol. The van der Waals surface area contributed by atoms with Crippen LogP contribution in [-0.4, -0.2) is 13.1 Å². The van der Waals surface area contributed by atoms with Crippen LogP contribution >= 0.6 is 0 Å². The van der Waals surface area contributed by atoms with Crippen molar-refractivity contribution >= 4 is 11.4 Å². The molecule has 0 bridgehead atoms. The van der Waals surface area contributed by atoms with E-state index in [1.54, 1.807) is 0 Å². The summed E-state index contributed by atoms with van der Waals surface area (Å²) >= 11 is 0. The summed E-state index contributed by atoms with van der Waals surface area (Å²) in [6.45, 7) is 2.04. The SMILES string of the molecule is Nc1ccc(N2CC=CC2)cc1. The topological polar surface area (TPSA) is 29.3 Å². The molecule has 0 saturated heterocycles. The summed E-state index contributed by atoms with van der Waals surface area (Å²) in [5.41, 5.74) is 7.66. The van der Waals surface area contributed by atoms with Crippen molar-refractivity contribution in [3.63, 3.8) is 0 Å². The molecule has 0 fully saturated rings. The van der Waals surface area contributed by atoms with E-state index in [-0.39, 0.29) is 0 Å². The quantitative estimate of drug-likeness (QED) is 0.500. The van der Waals surface area contributed by atoms with E-state index in [1.165, 1.54) is 5.69 Å². The smallest absolute Gasteiger partial charge is 0.0373 e.